The van der Waals surface area contributed by atoms with Gasteiger partial charge in [-0.3, -0.25) is 10.9 Å². The van der Waals surface area contributed by atoms with Crippen LogP contribution in [-0.2, 0) is 16.0 Å². The van der Waals surface area contributed by atoms with Crippen LogP contribution in [0, 0.1) is 0 Å². The first kappa shape index (κ1) is 14.8. The highest BCUT2D eigenvalue weighted by atomic mass is 16.5. The number of nitrogens with zero attached hydrogens (tertiary/aromatic N) is 1. The topological polar surface area (TPSA) is 73.8 Å². The van der Waals surface area contributed by atoms with E-state index in [2.05, 4.69) is 17.4 Å². The number of anilines is 3. The van der Waals surface area contributed by atoms with Crippen LogP contribution in [0.15, 0.2) is 55.1 Å². The molecular formula is C17H17N3O3. The molecule has 0 saturated carbocycles. The van der Waals surface area contributed by atoms with E-state index in [4.69, 9.17) is 4.74 Å². The van der Waals surface area contributed by atoms with Gasteiger partial charge in [0.2, 0.25) is 0 Å². The molecule has 2 aromatic rings. The number of nitrogens with one attached hydrogen (secondary N) is 2. The number of fused-ring (bicyclic) bond motifs is 1. The molecule has 23 heavy (non-hydrogen) atoms. The first-order valence-electron chi connectivity index (χ1n) is 7.21. The summed E-state index contributed by atoms with van der Waals surface area (Å²) >= 11 is 0. The van der Waals surface area contributed by atoms with Crippen molar-refractivity contribution >= 4 is 23.0 Å². The number of benzene rings is 2. The number of hydrazine groups is 2. The Bertz CT molecular complexity index is 721. The average molecular weight is 311 g/mol. The van der Waals surface area contributed by atoms with Crippen LogP contribution in [0.5, 0.6) is 5.75 Å². The van der Waals surface area contributed by atoms with Crippen molar-refractivity contribution in [3.8, 4) is 5.75 Å². The third-order valence-corrected chi connectivity index (χ3v) is 3.47. The molecule has 2 aromatic carbocycles. The summed E-state index contributed by atoms with van der Waals surface area (Å²) in [6.45, 7) is 3.61. The fraction of sp³-hybridized carbons (Fsp3) is 0.118. The molecule has 0 aliphatic carbocycles. The maximum Gasteiger partial charge on any atom is 0.330 e. The number of para-hydroxylation sites is 2. The van der Waals surface area contributed by atoms with Gasteiger partial charge in [0.05, 0.1) is 18.0 Å². The quantitative estimate of drug-likeness (QED) is 0.582. The highest BCUT2D eigenvalue weighted by Gasteiger charge is 2.20. The molecule has 0 unspecified atom stereocenters. The molecule has 1 aliphatic heterocycles. The van der Waals surface area contributed by atoms with E-state index in [0.717, 1.165) is 23.0 Å². The van der Waals surface area contributed by atoms with Gasteiger partial charge in [0, 0.05) is 12.5 Å². The predicted octanol–water partition coefficient (Wildman–Crippen LogP) is 2.84. The Labute approximate surface area is 133 Å². The zero-order chi connectivity index (χ0) is 16.2. The van der Waals surface area contributed by atoms with Gasteiger partial charge in [-0.25, -0.2) is 4.79 Å². The molecule has 6 heteroatoms. The van der Waals surface area contributed by atoms with Crippen molar-refractivity contribution in [2.75, 3.05) is 22.6 Å². The predicted molar refractivity (Wildman–Crippen MR) is 89.1 cm³/mol. The molecule has 0 bridgehead atoms. The van der Waals surface area contributed by atoms with E-state index in [1.165, 1.54) is 0 Å². The number of carbonyl (C=O) groups is 1. The highest BCUT2D eigenvalue weighted by molar-refractivity contribution is 5.81. The van der Waals surface area contributed by atoms with E-state index >= 15 is 0 Å². The van der Waals surface area contributed by atoms with Crippen molar-refractivity contribution in [2.24, 2.45) is 0 Å². The van der Waals surface area contributed by atoms with Gasteiger partial charge in [0.1, 0.15) is 11.4 Å². The van der Waals surface area contributed by atoms with Gasteiger partial charge in [-0.15, -0.1) is 0 Å². The zero-order valence-electron chi connectivity index (χ0n) is 12.5. The van der Waals surface area contributed by atoms with Gasteiger partial charge in [-0.1, -0.05) is 24.8 Å². The fourth-order valence-corrected chi connectivity index (χ4v) is 2.30. The maximum atomic E-state index is 11.0. The highest BCUT2D eigenvalue weighted by Crippen LogP contribution is 2.35. The Hall–Kier alpha value is -3.15. The van der Waals surface area contributed by atoms with Crippen molar-refractivity contribution in [1.82, 2.24) is 0 Å². The van der Waals surface area contributed by atoms with Crippen molar-refractivity contribution in [3.63, 3.8) is 0 Å². The molecule has 0 spiro atoms. The molecule has 6 nitrogen and oxygen atoms in total. The Kier molecular flexibility index (Phi) is 4.05. The molecule has 0 fully saturated rings. The van der Waals surface area contributed by atoms with Crippen molar-refractivity contribution < 1.29 is 14.6 Å². The summed E-state index contributed by atoms with van der Waals surface area (Å²) in [4.78, 5) is 11.0. The van der Waals surface area contributed by atoms with Crippen molar-refractivity contribution in [2.45, 2.75) is 6.42 Å². The van der Waals surface area contributed by atoms with Crippen LogP contribution in [0.3, 0.4) is 0 Å². The molecule has 3 N–H and O–H groups in total. The average Bonchev–Trinajstić information content (AvgIpc) is 3.00. The Morgan fingerprint density at radius 3 is 2.57 bits per heavy atom. The lowest BCUT2D eigenvalue weighted by molar-refractivity contribution is -0.137. The monoisotopic (exact) mass is 311 g/mol. The summed E-state index contributed by atoms with van der Waals surface area (Å²) in [5.74, 6) is -0.299. The third-order valence-electron chi connectivity index (χ3n) is 3.47. The number of hydrogen-bond donors (Lipinski definition) is 3. The Morgan fingerprint density at radius 1 is 1.22 bits per heavy atom. The Morgan fingerprint density at radius 2 is 1.91 bits per heavy atom. The second-order valence-corrected chi connectivity index (χ2v) is 5.05. The van der Waals surface area contributed by atoms with Crippen LogP contribution in [0.4, 0.5) is 17.1 Å². The van der Waals surface area contributed by atoms with Crippen LogP contribution >= 0.6 is 0 Å². The number of phenolic OH excluding ortho intramolecular Hbond substituents is 1. The van der Waals surface area contributed by atoms with Gasteiger partial charge in [0.25, 0.3) is 0 Å². The molecule has 0 radical (unpaired) electrons. The van der Waals surface area contributed by atoms with Crippen LogP contribution < -0.4 is 16.0 Å². The number of aromatic hydroxyl groups is 1. The van der Waals surface area contributed by atoms with Crippen LogP contribution in [0.1, 0.15) is 5.56 Å². The van der Waals surface area contributed by atoms with E-state index in [9.17, 15) is 9.90 Å². The molecule has 3 rings (SSSR count). The number of hydrogen-bond acceptors (Lipinski definition) is 6. The second-order valence-electron chi connectivity index (χ2n) is 5.05. The Balaban J connectivity index is 1.72. The minimum atomic E-state index is -0.442. The lowest BCUT2D eigenvalue weighted by Gasteiger charge is -2.20. The van der Waals surface area contributed by atoms with E-state index in [0.29, 0.717) is 12.1 Å². The molecule has 1 heterocycles. The second kappa shape index (κ2) is 6.31. The summed E-state index contributed by atoms with van der Waals surface area (Å²) in [5.41, 5.74) is 9.72. The molecule has 0 aromatic heterocycles. The third kappa shape index (κ3) is 3.21. The molecule has 1 aliphatic rings. The van der Waals surface area contributed by atoms with E-state index in [1.807, 2.05) is 30.3 Å². The number of ether oxygens (including phenoxy) is 1. The SMILES string of the molecule is C=CC(=O)OCCc1ccc(O)c(N2Nc3ccccc3N2)c1. The van der Waals surface area contributed by atoms with E-state index in [1.54, 1.807) is 17.3 Å². The molecule has 118 valence electrons. The summed E-state index contributed by atoms with van der Waals surface area (Å²) in [6.07, 6.45) is 1.69. The maximum absolute atomic E-state index is 11.0. The van der Waals surface area contributed by atoms with Crippen molar-refractivity contribution in [3.05, 3.63) is 60.7 Å². The van der Waals surface area contributed by atoms with Gasteiger partial charge in [-0.2, -0.15) is 5.12 Å². The lowest BCUT2D eigenvalue weighted by atomic mass is 10.1. The van der Waals surface area contributed by atoms with Crippen LogP contribution in [0.2, 0.25) is 0 Å². The summed E-state index contributed by atoms with van der Waals surface area (Å²) in [5, 5.41) is 11.8. The first-order chi connectivity index (χ1) is 11.2. The summed E-state index contributed by atoms with van der Waals surface area (Å²) in [6, 6.07) is 13.0. The normalized spacial score (nSPS) is 12.1. The number of rotatable bonds is 5. The summed E-state index contributed by atoms with van der Waals surface area (Å²) < 4.78 is 4.98. The number of esters is 1. The molecule has 0 atom stereocenters. The zero-order valence-corrected chi connectivity index (χ0v) is 12.5. The largest absolute Gasteiger partial charge is 0.506 e. The van der Waals surface area contributed by atoms with Gasteiger partial charge in [0.15, 0.2) is 0 Å². The molecule has 0 saturated heterocycles. The first-order valence-corrected chi connectivity index (χ1v) is 7.21. The molecular weight excluding hydrogens is 294 g/mol. The minimum Gasteiger partial charge on any atom is -0.506 e. The van der Waals surface area contributed by atoms with Crippen molar-refractivity contribution in [1.29, 1.82) is 0 Å². The number of phenols is 1. The van der Waals surface area contributed by atoms with E-state index < -0.39 is 5.97 Å². The molecule has 0 amide bonds. The summed E-state index contributed by atoms with van der Waals surface area (Å²) in [7, 11) is 0. The lowest BCUT2D eigenvalue weighted by Crippen LogP contribution is -2.29. The number of carbonyl (C=O) groups excluding carboxylic acids is 1. The smallest absolute Gasteiger partial charge is 0.330 e. The van der Waals surface area contributed by atoms with E-state index in [-0.39, 0.29) is 12.4 Å². The van der Waals surface area contributed by atoms with Crippen LogP contribution in [-0.4, -0.2) is 17.7 Å². The van der Waals surface area contributed by atoms with Gasteiger partial charge >= 0.3 is 5.97 Å². The standard InChI is InChI=1S/C17H17N3O3/c1-2-17(22)23-10-9-12-7-8-16(21)15(11-12)20-18-13-5-3-4-6-14(13)19-20/h2-8,11,18-19,21H,1,9-10H2. The minimum absolute atomic E-state index is 0.143. The van der Waals surface area contributed by atoms with Gasteiger partial charge < -0.3 is 9.84 Å². The fourth-order valence-electron chi connectivity index (χ4n) is 2.30. The van der Waals surface area contributed by atoms with Crippen LogP contribution in [0.25, 0.3) is 0 Å². The van der Waals surface area contributed by atoms with Gasteiger partial charge in [-0.05, 0) is 29.8 Å².